The molecule has 0 unspecified atom stereocenters. The van der Waals surface area contributed by atoms with E-state index in [1.165, 1.54) is 6.26 Å². The van der Waals surface area contributed by atoms with E-state index in [9.17, 15) is 9.59 Å². The summed E-state index contributed by atoms with van der Waals surface area (Å²) in [6.45, 7) is 1.40. The van der Waals surface area contributed by atoms with Gasteiger partial charge in [-0.1, -0.05) is 13.3 Å². The first-order valence-corrected chi connectivity index (χ1v) is 5.79. The third-order valence-corrected chi connectivity index (χ3v) is 2.23. The quantitative estimate of drug-likeness (QED) is 0.756. The second-order valence-corrected chi connectivity index (χ2v) is 3.73. The highest BCUT2D eigenvalue weighted by Gasteiger charge is 2.24. The second kappa shape index (κ2) is 7.37. The Labute approximate surface area is 109 Å². The van der Waals surface area contributed by atoms with Gasteiger partial charge < -0.3 is 19.4 Å². The van der Waals surface area contributed by atoms with Gasteiger partial charge in [-0.25, -0.2) is 19.5 Å². The van der Waals surface area contributed by atoms with Crippen LogP contribution in [0.1, 0.15) is 31.4 Å². The summed E-state index contributed by atoms with van der Waals surface area (Å²) < 4.78 is 9.73. The lowest BCUT2D eigenvalue weighted by Gasteiger charge is -2.15. The third kappa shape index (κ3) is 4.59. The molecule has 0 aliphatic rings. The van der Waals surface area contributed by atoms with E-state index < -0.39 is 12.2 Å². The van der Waals surface area contributed by atoms with Crippen LogP contribution in [-0.4, -0.2) is 38.9 Å². The number of imide groups is 1. The summed E-state index contributed by atoms with van der Waals surface area (Å²) in [7, 11) is 0. The number of carboxylic acid groups (broad SMARTS) is 1. The minimum Gasteiger partial charge on any atom is -0.465 e. The van der Waals surface area contributed by atoms with Crippen molar-refractivity contribution in [2.24, 2.45) is 0 Å². The zero-order valence-electron chi connectivity index (χ0n) is 10.5. The van der Waals surface area contributed by atoms with Gasteiger partial charge in [0.1, 0.15) is 18.5 Å². The number of aliphatic hydroxyl groups is 1. The van der Waals surface area contributed by atoms with Crippen LogP contribution in [0.4, 0.5) is 9.59 Å². The largest absolute Gasteiger partial charge is 0.465 e. The van der Waals surface area contributed by atoms with Crippen molar-refractivity contribution in [3.05, 3.63) is 17.8 Å². The molecule has 106 valence electrons. The SMILES string of the molecule is CCCCOC(=O)N(Cc1nc(CO)co1)C(=O)O. The van der Waals surface area contributed by atoms with Gasteiger partial charge in [0.2, 0.25) is 5.89 Å². The fourth-order valence-electron chi connectivity index (χ4n) is 1.22. The standard InChI is InChI=1S/C11H16N2O6/c1-2-3-4-18-11(17)13(10(15)16)5-9-12-8(6-14)7-19-9/h7,14H,2-6H2,1H3,(H,15,16). The molecule has 19 heavy (non-hydrogen) atoms. The molecule has 8 nitrogen and oxygen atoms in total. The van der Waals surface area contributed by atoms with Gasteiger partial charge in [-0.05, 0) is 6.42 Å². The molecule has 2 amide bonds. The summed E-state index contributed by atoms with van der Waals surface area (Å²) in [6, 6.07) is 0. The number of carbonyl (C=O) groups is 2. The Kier molecular flexibility index (Phi) is 5.80. The van der Waals surface area contributed by atoms with E-state index in [1.54, 1.807) is 0 Å². The van der Waals surface area contributed by atoms with Gasteiger partial charge in [-0.3, -0.25) is 0 Å². The van der Waals surface area contributed by atoms with Gasteiger partial charge in [-0.2, -0.15) is 0 Å². The molecule has 0 aliphatic heterocycles. The molecule has 0 fully saturated rings. The maximum absolute atomic E-state index is 11.5. The summed E-state index contributed by atoms with van der Waals surface area (Å²) in [6.07, 6.45) is 0.264. The van der Waals surface area contributed by atoms with E-state index in [2.05, 4.69) is 4.98 Å². The van der Waals surface area contributed by atoms with Crippen LogP contribution in [0.5, 0.6) is 0 Å². The molecule has 0 bridgehead atoms. The predicted octanol–water partition coefficient (Wildman–Crippen LogP) is 1.58. The topological polar surface area (TPSA) is 113 Å². The first-order valence-electron chi connectivity index (χ1n) is 5.79. The number of ether oxygens (including phenoxy) is 1. The summed E-state index contributed by atoms with van der Waals surface area (Å²) in [5.41, 5.74) is 0.264. The zero-order valence-corrected chi connectivity index (χ0v) is 10.5. The van der Waals surface area contributed by atoms with Crippen molar-refractivity contribution in [3.8, 4) is 0 Å². The molecule has 1 aromatic heterocycles. The Balaban J connectivity index is 2.61. The van der Waals surface area contributed by atoms with E-state index in [0.29, 0.717) is 11.3 Å². The van der Waals surface area contributed by atoms with Gasteiger partial charge in [0.05, 0.1) is 13.2 Å². The van der Waals surface area contributed by atoms with Crippen LogP contribution in [0.2, 0.25) is 0 Å². The number of rotatable bonds is 6. The summed E-state index contributed by atoms with van der Waals surface area (Å²) in [4.78, 5) is 26.8. The van der Waals surface area contributed by atoms with Crippen LogP contribution in [0.3, 0.4) is 0 Å². The monoisotopic (exact) mass is 272 g/mol. The fourth-order valence-corrected chi connectivity index (χ4v) is 1.22. The molecule has 0 saturated heterocycles. The normalized spacial score (nSPS) is 10.2. The number of unbranched alkanes of at least 4 members (excludes halogenated alkanes) is 1. The Morgan fingerprint density at radius 1 is 1.53 bits per heavy atom. The number of hydrogen-bond donors (Lipinski definition) is 2. The molecule has 0 atom stereocenters. The number of nitrogens with zero attached hydrogens (tertiary/aromatic N) is 2. The molecule has 8 heteroatoms. The molecule has 0 saturated carbocycles. The minimum absolute atomic E-state index is 0.0129. The number of oxazole rings is 1. The molecule has 0 aromatic carbocycles. The van der Waals surface area contributed by atoms with Crippen LogP contribution >= 0.6 is 0 Å². The molecule has 1 rings (SSSR count). The van der Waals surface area contributed by atoms with Crippen LogP contribution in [0, 0.1) is 0 Å². The van der Waals surface area contributed by atoms with Crippen molar-refractivity contribution in [1.82, 2.24) is 9.88 Å². The predicted molar refractivity (Wildman–Crippen MR) is 62.2 cm³/mol. The van der Waals surface area contributed by atoms with Crippen LogP contribution < -0.4 is 0 Å². The van der Waals surface area contributed by atoms with Gasteiger partial charge in [0, 0.05) is 0 Å². The minimum atomic E-state index is -1.45. The van der Waals surface area contributed by atoms with Crippen LogP contribution in [0.15, 0.2) is 10.7 Å². The number of hydrogen-bond acceptors (Lipinski definition) is 6. The molecule has 0 radical (unpaired) electrons. The van der Waals surface area contributed by atoms with Gasteiger partial charge in [-0.15, -0.1) is 0 Å². The highest BCUT2D eigenvalue weighted by Crippen LogP contribution is 2.08. The molecular weight excluding hydrogens is 256 g/mol. The van der Waals surface area contributed by atoms with Crippen LogP contribution in [-0.2, 0) is 17.9 Å². The third-order valence-electron chi connectivity index (χ3n) is 2.23. The Bertz CT molecular complexity index is 431. The molecular formula is C11H16N2O6. The lowest BCUT2D eigenvalue weighted by molar-refractivity contribution is 0.0882. The van der Waals surface area contributed by atoms with Crippen molar-refractivity contribution < 1.29 is 29.0 Å². The van der Waals surface area contributed by atoms with Gasteiger partial charge >= 0.3 is 12.2 Å². The van der Waals surface area contributed by atoms with Crippen molar-refractivity contribution in [2.45, 2.75) is 32.9 Å². The second-order valence-electron chi connectivity index (χ2n) is 3.73. The van der Waals surface area contributed by atoms with Crippen LogP contribution in [0.25, 0.3) is 0 Å². The number of aromatic nitrogens is 1. The first-order chi connectivity index (χ1) is 9.08. The average Bonchev–Trinajstić information content (AvgIpc) is 2.83. The molecule has 0 aliphatic carbocycles. The molecule has 1 heterocycles. The maximum Gasteiger partial charge on any atom is 0.419 e. The van der Waals surface area contributed by atoms with Gasteiger partial charge in [0.25, 0.3) is 0 Å². The Hall–Kier alpha value is -2.09. The van der Waals surface area contributed by atoms with Crippen molar-refractivity contribution in [3.63, 3.8) is 0 Å². The molecule has 0 spiro atoms. The van der Waals surface area contributed by atoms with Crippen molar-refractivity contribution in [1.29, 1.82) is 0 Å². The van der Waals surface area contributed by atoms with Crippen molar-refractivity contribution >= 4 is 12.2 Å². The smallest absolute Gasteiger partial charge is 0.419 e. The number of aliphatic hydroxyl groups excluding tert-OH is 1. The van der Waals surface area contributed by atoms with Gasteiger partial charge in [0.15, 0.2) is 0 Å². The number of carbonyl (C=O) groups excluding carboxylic acids is 1. The molecule has 2 N–H and O–H groups in total. The fraction of sp³-hybridized carbons (Fsp3) is 0.545. The summed E-state index contributed by atoms with van der Waals surface area (Å²) in [5, 5.41) is 17.7. The number of amides is 2. The summed E-state index contributed by atoms with van der Waals surface area (Å²) in [5.74, 6) is 0.0129. The highest BCUT2D eigenvalue weighted by atomic mass is 16.6. The van der Waals surface area contributed by atoms with Crippen molar-refractivity contribution in [2.75, 3.05) is 6.61 Å². The van der Waals surface area contributed by atoms with E-state index in [-0.39, 0.29) is 31.3 Å². The Morgan fingerprint density at radius 3 is 2.79 bits per heavy atom. The maximum atomic E-state index is 11.5. The van der Waals surface area contributed by atoms with E-state index in [1.807, 2.05) is 6.92 Å². The Morgan fingerprint density at radius 2 is 2.26 bits per heavy atom. The van der Waals surface area contributed by atoms with E-state index in [0.717, 1.165) is 6.42 Å². The lowest BCUT2D eigenvalue weighted by Crippen LogP contribution is -2.36. The summed E-state index contributed by atoms with van der Waals surface area (Å²) >= 11 is 0. The highest BCUT2D eigenvalue weighted by molar-refractivity contribution is 5.86. The molecule has 1 aromatic rings. The van der Waals surface area contributed by atoms with E-state index in [4.69, 9.17) is 19.4 Å². The zero-order chi connectivity index (χ0) is 14.3. The lowest BCUT2D eigenvalue weighted by atomic mass is 10.4. The average molecular weight is 272 g/mol. The first kappa shape index (κ1) is 15.0. The van der Waals surface area contributed by atoms with E-state index >= 15 is 0 Å².